The van der Waals surface area contributed by atoms with Crippen LogP contribution in [0, 0.1) is 0 Å². The lowest BCUT2D eigenvalue weighted by molar-refractivity contribution is -0.141. The lowest BCUT2D eigenvalue weighted by atomic mass is 10.2. The van der Waals surface area contributed by atoms with Crippen LogP contribution in [-0.4, -0.2) is 74.9 Å². The number of thiazole rings is 1. The van der Waals surface area contributed by atoms with Gasteiger partial charge in [0, 0.05) is 85.9 Å². The molecule has 2 aliphatic rings. The van der Waals surface area contributed by atoms with Gasteiger partial charge in [-0.25, -0.2) is 4.98 Å². The van der Waals surface area contributed by atoms with E-state index in [9.17, 15) is 22.8 Å². The van der Waals surface area contributed by atoms with E-state index in [1.807, 2.05) is 29.2 Å². The lowest BCUT2D eigenvalue weighted by Crippen LogP contribution is -2.52. The van der Waals surface area contributed by atoms with Gasteiger partial charge in [-0.15, -0.1) is 11.3 Å². The van der Waals surface area contributed by atoms with Crippen LogP contribution in [0.15, 0.2) is 60.4 Å². The van der Waals surface area contributed by atoms with E-state index in [1.165, 1.54) is 17.4 Å². The predicted molar refractivity (Wildman–Crippen MR) is 136 cm³/mol. The maximum absolute atomic E-state index is 13.1. The number of hydrogen-bond donors (Lipinski definition) is 0. The Labute approximate surface area is 219 Å². The number of benzene rings is 1. The first-order chi connectivity index (χ1) is 18.3. The summed E-state index contributed by atoms with van der Waals surface area (Å²) in [7, 11) is 0. The molecule has 3 aromatic heterocycles. The number of alkyl halides is 3. The van der Waals surface area contributed by atoms with Gasteiger partial charge in [-0.1, -0.05) is 0 Å². The highest BCUT2D eigenvalue weighted by Gasteiger charge is 2.37. The molecule has 1 aromatic carbocycles. The second kappa shape index (κ2) is 9.52. The fourth-order valence-corrected chi connectivity index (χ4v) is 5.79. The minimum absolute atomic E-state index is 0.0269. The van der Waals surface area contributed by atoms with Crippen LogP contribution < -0.4 is 4.90 Å². The van der Waals surface area contributed by atoms with Crippen molar-refractivity contribution in [2.45, 2.75) is 18.6 Å². The molecule has 0 spiro atoms. The Balaban J connectivity index is 1.15. The molecule has 8 nitrogen and oxygen atoms in total. The van der Waals surface area contributed by atoms with E-state index < -0.39 is 11.9 Å². The van der Waals surface area contributed by atoms with Crippen molar-refractivity contribution in [2.75, 3.05) is 37.6 Å². The van der Waals surface area contributed by atoms with Crippen LogP contribution in [0.2, 0.25) is 0 Å². The number of pyridine rings is 1. The molecule has 4 aromatic rings. The molecule has 38 heavy (non-hydrogen) atoms. The van der Waals surface area contributed by atoms with E-state index in [2.05, 4.69) is 14.9 Å². The van der Waals surface area contributed by atoms with E-state index in [4.69, 9.17) is 0 Å². The van der Waals surface area contributed by atoms with Gasteiger partial charge in [0.15, 0.2) is 5.01 Å². The van der Waals surface area contributed by atoms with Crippen molar-refractivity contribution in [1.82, 2.24) is 24.3 Å². The number of nitrogens with zero attached hydrogens (tertiary/aromatic N) is 6. The van der Waals surface area contributed by atoms with Crippen molar-refractivity contribution in [3.05, 3.63) is 71.1 Å². The number of carbonyl (C=O) groups is 2. The summed E-state index contributed by atoms with van der Waals surface area (Å²) in [5, 5.41) is 3.10. The molecule has 0 saturated carbocycles. The molecule has 2 fully saturated rings. The highest BCUT2D eigenvalue weighted by atomic mass is 32.1. The number of aromatic nitrogens is 3. The molecule has 196 valence electrons. The number of carbonyl (C=O) groups excluding carboxylic acids is 2. The van der Waals surface area contributed by atoms with E-state index in [0.717, 1.165) is 28.9 Å². The summed E-state index contributed by atoms with van der Waals surface area (Å²) in [6.07, 6.45) is 0.363. The van der Waals surface area contributed by atoms with Gasteiger partial charge in [0.05, 0.1) is 5.52 Å². The van der Waals surface area contributed by atoms with Gasteiger partial charge in [0.25, 0.3) is 5.91 Å². The number of fused-ring (bicyclic) bond motifs is 1. The minimum atomic E-state index is -4.53. The van der Waals surface area contributed by atoms with Crippen LogP contribution in [0.1, 0.15) is 21.9 Å². The Morgan fingerprint density at radius 1 is 0.974 bits per heavy atom. The molecule has 0 aliphatic carbocycles. The van der Waals surface area contributed by atoms with E-state index in [-0.39, 0.29) is 17.9 Å². The Hall–Kier alpha value is -3.77. The third kappa shape index (κ3) is 4.54. The van der Waals surface area contributed by atoms with Gasteiger partial charge in [-0.05, 0) is 36.4 Å². The predicted octanol–water partition coefficient (Wildman–Crippen LogP) is 4.06. The zero-order chi connectivity index (χ0) is 26.4. The van der Waals surface area contributed by atoms with Crippen LogP contribution in [0.3, 0.4) is 0 Å². The van der Waals surface area contributed by atoms with Crippen molar-refractivity contribution in [1.29, 1.82) is 0 Å². The summed E-state index contributed by atoms with van der Waals surface area (Å²) in [6, 6.07) is 9.97. The first-order valence-corrected chi connectivity index (χ1v) is 13.0. The first kappa shape index (κ1) is 24.6. The molecule has 5 heterocycles. The zero-order valence-electron chi connectivity index (χ0n) is 20.1. The average Bonchev–Trinajstić information content (AvgIpc) is 3.68. The van der Waals surface area contributed by atoms with Crippen LogP contribution in [0.4, 0.5) is 18.9 Å². The number of piperazine rings is 1. The fraction of sp³-hybridized carbons (Fsp3) is 0.308. The van der Waals surface area contributed by atoms with Crippen LogP contribution in [0.5, 0.6) is 0 Å². The van der Waals surface area contributed by atoms with Crippen LogP contribution in [-0.2, 0) is 11.0 Å². The maximum Gasteiger partial charge on any atom is 0.433 e. The van der Waals surface area contributed by atoms with Crippen molar-refractivity contribution in [2.24, 2.45) is 0 Å². The number of hydrogen-bond acceptors (Lipinski definition) is 6. The van der Waals surface area contributed by atoms with E-state index in [0.29, 0.717) is 49.8 Å². The molecule has 0 bridgehead atoms. The van der Waals surface area contributed by atoms with E-state index in [1.54, 1.807) is 27.2 Å². The lowest BCUT2D eigenvalue weighted by Gasteiger charge is -2.37. The summed E-state index contributed by atoms with van der Waals surface area (Å²) in [6.45, 7) is 3.11. The number of amides is 2. The molecule has 2 saturated heterocycles. The molecule has 2 aliphatic heterocycles. The fourth-order valence-electron chi connectivity index (χ4n) is 5.18. The summed E-state index contributed by atoms with van der Waals surface area (Å²) in [5.74, 6) is -0.0237. The molecule has 2 amide bonds. The summed E-state index contributed by atoms with van der Waals surface area (Å²) < 4.78 is 41.1. The Bertz CT molecular complexity index is 1490. The molecule has 0 radical (unpaired) electrons. The van der Waals surface area contributed by atoms with E-state index >= 15 is 0 Å². The van der Waals surface area contributed by atoms with Crippen molar-refractivity contribution >= 4 is 39.7 Å². The second-order valence-electron chi connectivity index (χ2n) is 9.35. The summed E-state index contributed by atoms with van der Waals surface area (Å²) >= 11 is 1.33. The molecular weight excluding hydrogens is 517 g/mol. The monoisotopic (exact) mass is 540 g/mol. The summed E-state index contributed by atoms with van der Waals surface area (Å²) in [4.78, 5) is 38.9. The van der Waals surface area contributed by atoms with Crippen LogP contribution in [0.25, 0.3) is 16.6 Å². The summed E-state index contributed by atoms with van der Waals surface area (Å²) in [5.41, 5.74) is 0.902. The molecule has 1 atom stereocenters. The van der Waals surface area contributed by atoms with Crippen LogP contribution >= 0.6 is 11.3 Å². The number of rotatable bonds is 4. The molecular formula is C26H23F3N6O2S. The molecule has 0 N–H and O–H groups in total. The minimum Gasteiger partial charge on any atom is -0.334 e. The molecule has 6 rings (SSSR count). The second-order valence-corrected chi connectivity index (χ2v) is 10.2. The van der Waals surface area contributed by atoms with Gasteiger partial charge >= 0.3 is 6.18 Å². The standard InChI is InChI=1S/C26H23F3N6O2S/c27-26(28,29)22-14-19(3-5-30-22)34-7-4-17-13-18(1-2-21(17)34)35-16-20(15-23(35)36)32-8-10-33(11-9-32)25(37)24-31-6-12-38-24/h1-7,12-14,20H,8-11,15-16H2. The Morgan fingerprint density at radius 2 is 1.79 bits per heavy atom. The highest BCUT2D eigenvalue weighted by molar-refractivity contribution is 7.11. The van der Waals surface area contributed by atoms with Gasteiger partial charge < -0.3 is 14.4 Å². The zero-order valence-corrected chi connectivity index (χ0v) is 21.0. The first-order valence-electron chi connectivity index (χ1n) is 12.2. The molecule has 12 heteroatoms. The van der Waals surface area contributed by atoms with Gasteiger partial charge in [0.2, 0.25) is 5.91 Å². The highest BCUT2D eigenvalue weighted by Crippen LogP contribution is 2.32. The SMILES string of the molecule is O=C(c1nccs1)N1CCN(C2CC(=O)N(c3ccc4c(ccn4-c4ccnc(C(F)(F)F)c4)c3)C2)CC1. The number of anilines is 1. The number of halogens is 3. The van der Waals surface area contributed by atoms with Gasteiger partial charge in [-0.3, -0.25) is 19.5 Å². The Morgan fingerprint density at radius 3 is 2.53 bits per heavy atom. The van der Waals surface area contributed by atoms with Gasteiger partial charge in [-0.2, -0.15) is 13.2 Å². The third-order valence-electron chi connectivity index (χ3n) is 7.14. The smallest absolute Gasteiger partial charge is 0.334 e. The van der Waals surface area contributed by atoms with Gasteiger partial charge in [0.1, 0.15) is 5.69 Å². The largest absolute Gasteiger partial charge is 0.433 e. The quantitative estimate of drug-likeness (QED) is 0.390. The van der Waals surface area contributed by atoms with Crippen molar-refractivity contribution in [3.8, 4) is 5.69 Å². The third-order valence-corrected chi connectivity index (χ3v) is 7.90. The average molecular weight is 541 g/mol. The molecule has 1 unspecified atom stereocenters. The van der Waals surface area contributed by atoms with Crippen molar-refractivity contribution in [3.63, 3.8) is 0 Å². The normalized spacial score (nSPS) is 19.0. The topological polar surface area (TPSA) is 74.6 Å². The maximum atomic E-state index is 13.1. The van der Waals surface area contributed by atoms with Crippen molar-refractivity contribution < 1.29 is 22.8 Å². The Kier molecular flexibility index (Phi) is 6.15.